The molecule has 0 spiro atoms. The summed E-state index contributed by atoms with van der Waals surface area (Å²) >= 11 is 1.48. The van der Waals surface area contributed by atoms with Gasteiger partial charge in [0.05, 0.1) is 11.7 Å². The van der Waals surface area contributed by atoms with E-state index in [1.807, 2.05) is 36.4 Å². The lowest BCUT2D eigenvalue weighted by atomic mass is 9.89. The van der Waals surface area contributed by atoms with Crippen LogP contribution < -0.4 is 5.56 Å². The standard InChI is InChI=1S/C21H22N2O3S/c1-14-6-5-9-16(10-14)26-19(24)12-23-13-22-20-17(21(23)25)11-18(27-20)15-7-3-2-4-8-15/h2-4,7-8,11,13-14,16H,5-6,9-10,12H2,1H3/t14-,16+/m1/s1. The molecule has 0 unspecified atom stereocenters. The van der Waals surface area contributed by atoms with Crippen molar-refractivity contribution >= 4 is 27.5 Å². The second-order valence-corrected chi connectivity index (χ2v) is 8.29. The van der Waals surface area contributed by atoms with E-state index in [-0.39, 0.29) is 24.2 Å². The van der Waals surface area contributed by atoms with Crippen LogP contribution in [0.5, 0.6) is 0 Å². The molecule has 0 N–H and O–H groups in total. The minimum Gasteiger partial charge on any atom is -0.461 e. The van der Waals surface area contributed by atoms with Gasteiger partial charge in [-0.05, 0) is 36.8 Å². The molecule has 1 saturated carbocycles. The molecule has 1 fully saturated rings. The molecule has 2 aromatic heterocycles. The Hall–Kier alpha value is -2.47. The van der Waals surface area contributed by atoms with Gasteiger partial charge in [-0.1, -0.05) is 43.7 Å². The number of carbonyl (C=O) groups excluding carboxylic acids is 1. The molecule has 0 amide bonds. The Morgan fingerprint density at radius 1 is 1.30 bits per heavy atom. The first-order valence-corrected chi connectivity index (χ1v) is 10.2. The Bertz CT molecular complexity index is 1010. The van der Waals surface area contributed by atoms with Gasteiger partial charge in [-0.15, -0.1) is 11.3 Å². The van der Waals surface area contributed by atoms with Crippen molar-refractivity contribution in [2.75, 3.05) is 0 Å². The van der Waals surface area contributed by atoms with Crippen molar-refractivity contribution in [3.8, 4) is 10.4 Å². The molecule has 0 radical (unpaired) electrons. The van der Waals surface area contributed by atoms with Crippen molar-refractivity contribution in [2.45, 2.75) is 45.3 Å². The normalized spacial score (nSPS) is 19.9. The van der Waals surface area contributed by atoms with E-state index in [1.165, 1.54) is 28.7 Å². The summed E-state index contributed by atoms with van der Waals surface area (Å²) in [4.78, 5) is 31.1. The molecule has 1 aromatic carbocycles. The predicted octanol–water partition coefficient (Wildman–Crippen LogP) is 4.25. The van der Waals surface area contributed by atoms with Crippen LogP contribution in [-0.4, -0.2) is 21.6 Å². The van der Waals surface area contributed by atoms with Crippen molar-refractivity contribution in [3.63, 3.8) is 0 Å². The summed E-state index contributed by atoms with van der Waals surface area (Å²) in [7, 11) is 0. The molecule has 27 heavy (non-hydrogen) atoms. The van der Waals surface area contributed by atoms with Crippen LogP contribution in [0.25, 0.3) is 20.7 Å². The largest absolute Gasteiger partial charge is 0.461 e. The Balaban J connectivity index is 1.53. The zero-order valence-corrected chi connectivity index (χ0v) is 16.1. The van der Waals surface area contributed by atoms with Crippen LogP contribution in [0, 0.1) is 5.92 Å². The number of aromatic nitrogens is 2. The summed E-state index contributed by atoms with van der Waals surface area (Å²) in [5, 5.41) is 0.542. The molecule has 6 heteroatoms. The fourth-order valence-corrected chi connectivity index (χ4v) is 4.66. The molecule has 0 saturated heterocycles. The minimum absolute atomic E-state index is 0.0283. The van der Waals surface area contributed by atoms with Crippen molar-refractivity contribution in [1.82, 2.24) is 9.55 Å². The number of benzene rings is 1. The molecular weight excluding hydrogens is 360 g/mol. The molecule has 0 aliphatic heterocycles. The molecule has 3 aromatic rings. The van der Waals surface area contributed by atoms with Gasteiger partial charge in [-0.3, -0.25) is 14.2 Å². The summed E-state index contributed by atoms with van der Waals surface area (Å²) in [6.45, 7) is 2.09. The van der Waals surface area contributed by atoms with Crippen LogP contribution in [0.3, 0.4) is 0 Å². The van der Waals surface area contributed by atoms with Crippen molar-refractivity contribution in [3.05, 3.63) is 53.1 Å². The van der Waals surface area contributed by atoms with Gasteiger partial charge in [0.2, 0.25) is 0 Å². The number of hydrogen-bond donors (Lipinski definition) is 0. The van der Waals surface area contributed by atoms with E-state index in [1.54, 1.807) is 0 Å². The van der Waals surface area contributed by atoms with E-state index in [0.717, 1.165) is 29.7 Å². The van der Waals surface area contributed by atoms with Gasteiger partial charge in [-0.25, -0.2) is 4.98 Å². The second kappa shape index (κ2) is 7.64. The van der Waals surface area contributed by atoms with Crippen molar-refractivity contribution in [1.29, 1.82) is 0 Å². The van der Waals surface area contributed by atoms with Gasteiger partial charge in [0, 0.05) is 4.88 Å². The van der Waals surface area contributed by atoms with Gasteiger partial charge in [-0.2, -0.15) is 0 Å². The summed E-state index contributed by atoms with van der Waals surface area (Å²) in [6.07, 6.45) is 5.51. The zero-order valence-electron chi connectivity index (χ0n) is 15.3. The molecule has 5 nitrogen and oxygen atoms in total. The molecule has 2 heterocycles. The SMILES string of the molecule is C[C@@H]1CCC[C@H](OC(=O)Cn2cnc3sc(-c4ccccc4)cc3c2=O)C1. The van der Waals surface area contributed by atoms with E-state index in [4.69, 9.17) is 4.74 Å². The zero-order chi connectivity index (χ0) is 18.8. The van der Waals surface area contributed by atoms with Gasteiger partial charge < -0.3 is 4.74 Å². The van der Waals surface area contributed by atoms with Gasteiger partial charge in [0.15, 0.2) is 0 Å². The van der Waals surface area contributed by atoms with Crippen molar-refractivity contribution < 1.29 is 9.53 Å². The third kappa shape index (κ3) is 3.95. The van der Waals surface area contributed by atoms with Crippen LogP contribution >= 0.6 is 11.3 Å². The Morgan fingerprint density at radius 2 is 2.11 bits per heavy atom. The maximum Gasteiger partial charge on any atom is 0.326 e. The first-order chi connectivity index (χ1) is 13.1. The molecule has 140 valence electrons. The number of thiophene rings is 1. The quantitative estimate of drug-likeness (QED) is 0.633. The van der Waals surface area contributed by atoms with Crippen LogP contribution in [0.4, 0.5) is 0 Å². The molecule has 1 aliphatic carbocycles. The van der Waals surface area contributed by atoms with Gasteiger partial charge >= 0.3 is 5.97 Å². The highest BCUT2D eigenvalue weighted by atomic mass is 32.1. The van der Waals surface area contributed by atoms with E-state index >= 15 is 0 Å². The molecule has 4 rings (SSSR count). The summed E-state index contributed by atoms with van der Waals surface area (Å²) in [6, 6.07) is 11.8. The number of esters is 1. The average molecular weight is 382 g/mol. The van der Waals surface area contributed by atoms with Crippen LogP contribution in [0.15, 0.2) is 47.5 Å². The van der Waals surface area contributed by atoms with E-state index in [0.29, 0.717) is 16.1 Å². The summed E-state index contributed by atoms with van der Waals surface area (Å²) in [5.41, 5.74) is 0.852. The van der Waals surface area contributed by atoms with E-state index in [9.17, 15) is 9.59 Å². The lowest BCUT2D eigenvalue weighted by molar-refractivity contribution is -0.152. The number of carbonyl (C=O) groups is 1. The third-order valence-corrected chi connectivity index (χ3v) is 6.15. The molecule has 0 bridgehead atoms. The summed E-state index contributed by atoms with van der Waals surface area (Å²) in [5.74, 6) is 0.218. The van der Waals surface area contributed by atoms with E-state index in [2.05, 4.69) is 11.9 Å². The van der Waals surface area contributed by atoms with Crippen LogP contribution in [-0.2, 0) is 16.1 Å². The second-order valence-electron chi connectivity index (χ2n) is 7.26. The highest BCUT2D eigenvalue weighted by Crippen LogP contribution is 2.30. The van der Waals surface area contributed by atoms with Gasteiger partial charge in [0.1, 0.15) is 17.5 Å². The minimum atomic E-state index is -0.365. The van der Waals surface area contributed by atoms with Gasteiger partial charge in [0.25, 0.3) is 5.56 Å². The Kier molecular flexibility index (Phi) is 5.07. The number of hydrogen-bond acceptors (Lipinski definition) is 5. The number of ether oxygens (including phenoxy) is 1. The first-order valence-electron chi connectivity index (χ1n) is 9.34. The van der Waals surface area contributed by atoms with Crippen molar-refractivity contribution in [2.24, 2.45) is 5.92 Å². The van der Waals surface area contributed by atoms with Crippen LogP contribution in [0.1, 0.15) is 32.6 Å². The molecule has 2 atom stereocenters. The molecular formula is C21H22N2O3S. The number of nitrogens with zero attached hydrogens (tertiary/aromatic N) is 2. The number of fused-ring (bicyclic) bond motifs is 1. The number of rotatable bonds is 4. The molecule has 1 aliphatic rings. The first kappa shape index (κ1) is 17.9. The Morgan fingerprint density at radius 3 is 2.89 bits per heavy atom. The lowest BCUT2D eigenvalue weighted by Gasteiger charge is -2.26. The predicted molar refractivity (Wildman–Crippen MR) is 107 cm³/mol. The third-order valence-electron chi connectivity index (χ3n) is 5.06. The topological polar surface area (TPSA) is 61.2 Å². The summed E-state index contributed by atoms with van der Waals surface area (Å²) < 4.78 is 6.93. The Labute approximate surface area is 161 Å². The highest BCUT2D eigenvalue weighted by Gasteiger charge is 2.22. The maximum atomic E-state index is 12.8. The fourth-order valence-electron chi connectivity index (χ4n) is 3.66. The lowest BCUT2D eigenvalue weighted by Crippen LogP contribution is -2.30. The average Bonchev–Trinajstić information content (AvgIpc) is 3.10. The smallest absolute Gasteiger partial charge is 0.326 e. The van der Waals surface area contributed by atoms with Crippen LogP contribution in [0.2, 0.25) is 0 Å². The van der Waals surface area contributed by atoms with E-state index < -0.39 is 0 Å². The highest BCUT2D eigenvalue weighted by molar-refractivity contribution is 7.21. The maximum absolute atomic E-state index is 12.8. The monoisotopic (exact) mass is 382 g/mol. The fraction of sp³-hybridized carbons (Fsp3) is 0.381.